The van der Waals surface area contributed by atoms with Crippen molar-refractivity contribution < 1.29 is 9.90 Å². The van der Waals surface area contributed by atoms with Crippen molar-refractivity contribution in [3.63, 3.8) is 0 Å². The summed E-state index contributed by atoms with van der Waals surface area (Å²) in [6.07, 6.45) is 0. The van der Waals surface area contributed by atoms with Crippen LogP contribution >= 0.6 is 27.3 Å². The van der Waals surface area contributed by atoms with Crippen molar-refractivity contribution in [2.45, 2.75) is 26.8 Å². The van der Waals surface area contributed by atoms with E-state index in [4.69, 9.17) is 5.11 Å². The molecule has 4 nitrogen and oxygen atoms in total. The van der Waals surface area contributed by atoms with Gasteiger partial charge in [0.1, 0.15) is 0 Å². The number of carboxylic acid groups (broad SMARTS) is 1. The van der Waals surface area contributed by atoms with Crippen molar-refractivity contribution in [1.82, 2.24) is 4.98 Å². The van der Waals surface area contributed by atoms with E-state index in [9.17, 15) is 4.79 Å². The van der Waals surface area contributed by atoms with E-state index in [1.54, 1.807) is 23.5 Å². The third-order valence-corrected chi connectivity index (χ3v) is 4.57. The lowest BCUT2D eigenvalue weighted by Crippen LogP contribution is -2.07. The zero-order valence-corrected chi connectivity index (χ0v) is 13.8. The molecule has 1 aromatic carbocycles. The number of carboxylic acids is 1. The van der Waals surface area contributed by atoms with Crippen LogP contribution in [0.4, 0.5) is 5.69 Å². The van der Waals surface area contributed by atoms with Crippen LogP contribution in [0.15, 0.2) is 22.7 Å². The number of carbonyl (C=O) groups is 1. The van der Waals surface area contributed by atoms with Crippen LogP contribution in [0, 0.1) is 13.8 Å². The first-order chi connectivity index (χ1) is 9.36. The molecule has 0 fully saturated rings. The molecular formula is C14H15BrN2O2S. The SMILES string of the molecule is Cc1nc(C)c(C(C)Nc2cc(Br)cc(C(=O)O)c2)s1. The molecule has 1 unspecified atom stereocenters. The molecule has 0 spiro atoms. The highest BCUT2D eigenvalue weighted by Crippen LogP contribution is 2.29. The normalized spacial score (nSPS) is 12.2. The lowest BCUT2D eigenvalue weighted by atomic mass is 10.1. The molecule has 0 aliphatic carbocycles. The van der Waals surface area contributed by atoms with Crippen LogP contribution in [-0.2, 0) is 0 Å². The Kier molecular flexibility index (Phi) is 4.45. The van der Waals surface area contributed by atoms with Gasteiger partial charge in [-0.2, -0.15) is 0 Å². The number of aromatic nitrogens is 1. The number of rotatable bonds is 4. The van der Waals surface area contributed by atoms with Crippen molar-refractivity contribution in [3.05, 3.63) is 43.8 Å². The quantitative estimate of drug-likeness (QED) is 0.854. The summed E-state index contributed by atoms with van der Waals surface area (Å²) in [5.74, 6) is -0.938. The van der Waals surface area contributed by atoms with E-state index < -0.39 is 5.97 Å². The van der Waals surface area contributed by atoms with Crippen molar-refractivity contribution in [2.24, 2.45) is 0 Å². The van der Waals surface area contributed by atoms with Gasteiger partial charge < -0.3 is 10.4 Å². The highest BCUT2D eigenvalue weighted by molar-refractivity contribution is 9.10. The van der Waals surface area contributed by atoms with Crippen LogP contribution in [0.25, 0.3) is 0 Å². The predicted octanol–water partition coefficient (Wildman–Crippen LogP) is 4.39. The molecule has 0 saturated carbocycles. The van der Waals surface area contributed by atoms with Gasteiger partial charge in [-0.25, -0.2) is 9.78 Å². The molecule has 2 aromatic rings. The maximum Gasteiger partial charge on any atom is 0.335 e. The van der Waals surface area contributed by atoms with Crippen LogP contribution in [0.3, 0.4) is 0 Å². The van der Waals surface area contributed by atoms with E-state index in [0.717, 1.165) is 20.9 Å². The molecule has 20 heavy (non-hydrogen) atoms. The highest BCUT2D eigenvalue weighted by atomic mass is 79.9. The second kappa shape index (κ2) is 5.93. The van der Waals surface area contributed by atoms with Crippen molar-refractivity contribution in [1.29, 1.82) is 0 Å². The van der Waals surface area contributed by atoms with E-state index in [-0.39, 0.29) is 11.6 Å². The number of thiazole rings is 1. The first-order valence-corrected chi connectivity index (χ1v) is 7.72. The molecular weight excluding hydrogens is 340 g/mol. The Bertz CT molecular complexity index is 655. The van der Waals surface area contributed by atoms with Crippen LogP contribution in [0.1, 0.15) is 38.9 Å². The maximum atomic E-state index is 11.1. The van der Waals surface area contributed by atoms with Crippen LogP contribution in [0.2, 0.25) is 0 Å². The topological polar surface area (TPSA) is 62.2 Å². The lowest BCUT2D eigenvalue weighted by molar-refractivity contribution is 0.0697. The first kappa shape index (κ1) is 15.0. The van der Waals surface area contributed by atoms with Crippen LogP contribution in [-0.4, -0.2) is 16.1 Å². The molecule has 0 aliphatic rings. The average Bonchev–Trinajstić information content (AvgIpc) is 2.67. The van der Waals surface area contributed by atoms with Gasteiger partial charge in [-0.05, 0) is 39.0 Å². The molecule has 0 bridgehead atoms. The molecule has 2 N–H and O–H groups in total. The predicted molar refractivity (Wildman–Crippen MR) is 84.7 cm³/mol. The van der Waals surface area contributed by atoms with Crippen LogP contribution < -0.4 is 5.32 Å². The summed E-state index contributed by atoms with van der Waals surface area (Å²) in [5, 5.41) is 13.4. The summed E-state index contributed by atoms with van der Waals surface area (Å²) >= 11 is 4.99. The van der Waals surface area contributed by atoms with E-state index >= 15 is 0 Å². The number of halogens is 1. The molecule has 1 atom stereocenters. The molecule has 106 valence electrons. The molecule has 0 radical (unpaired) electrons. The second-order valence-electron chi connectivity index (χ2n) is 4.58. The van der Waals surface area contributed by atoms with Gasteiger partial charge in [-0.3, -0.25) is 0 Å². The minimum Gasteiger partial charge on any atom is -0.478 e. The molecule has 2 rings (SSSR count). The molecule has 0 amide bonds. The third-order valence-electron chi connectivity index (χ3n) is 2.86. The fourth-order valence-corrected chi connectivity index (χ4v) is 3.48. The van der Waals surface area contributed by atoms with Gasteiger partial charge in [-0.1, -0.05) is 15.9 Å². The standard InChI is InChI=1S/C14H15BrN2O2S/c1-7-13(20-9(3)16-7)8(2)17-12-5-10(14(18)19)4-11(15)6-12/h4-6,8,17H,1-3H3,(H,18,19). The zero-order chi connectivity index (χ0) is 14.9. The summed E-state index contributed by atoms with van der Waals surface area (Å²) in [7, 11) is 0. The molecule has 0 aliphatic heterocycles. The number of nitrogens with one attached hydrogen (secondary N) is 1. The summed E-state index contributed by atoms with van der Waals surface area (Å²) in [5.41, 5.74) is 2.04. The van der Waals surface area contributed by atoms with Crippen LogP contribution in [0.5, 0.6) is 0 Å². The minimum absolute atomic E-state index is 0.0807. The lowest BCUT2D eigenvalue weighted by Gasteiger charge is -2.15. The van der Waals surface area contributed by atoms with E-state index in [0.29, 0.717) is 0 Å². The first-order valence-electron chi connectivity index (χ1n) is 6.11. The number of benzene rings is 1. The minimum atomic E-state index is -0.938. The summed E-state index contributed by atoms with van der Waals surface area (Å²) in [6.45, 7) is 6.01. The number of nitrogens with zero attached hydrogens (tertiary/aromatic N) is 1. The van der Waals surface area contributed by atoms with Crippen molar-refractivity contribution in [2.75, 3.05) is 5.32 Å². The number of hydrogen-bond donors (Lipinski definition) is 2. The number of hydrogen-bond acceptors (Lipinski definition) is 4. The molecule has 0 saturated heterocycles. The fraction of sp³-hybridized carbons (Fsp3) is 0.286. The van der Waals surface area contributed by atoms with Crippen molar-refractivity contribution in [3.8, 4) is 0 Å². The van der Waals surface area contributed by atoms with Gasteiger partial charge in [0, 0.05) is 15.0 Å². The monoisotopic (exact) mass is 354 g/mol. The van der Waals surface area contributed by atoms with Gasteiger partial charge in [0.15, 0.2) is 0 Å². The van der Waals surface area contributed by atoms with E-state index in [1.807, 2.05) is 26.8 Å². The fourth-order valence-electron chi connectivity index (χ4n) is 2.06. The Morgan fingerprint density at radius 2 is 2.10 bits per heavy atom. The largest absolute Gasteiger partial charge is 0.478 e. The van der Waals surface area contributed by atoms with Gasteiger partial charge in [-0.15, -0.1) is 11.3 Å². The highest BCUT2D eigenvalue weighted by Gasteiger charge is 2.14. The Morgan fingerprint density at radius 1 is 1.40 bits per heavy atom. The summed E-state index contributed by atoms with van der Waals surface area (Å²) < 4.78 is 0.740. The van der Waals surface area contributed by atoms with Gasteiger partial charge in [0.05, 0.1) is 22.3 Å². The average molecular weight is 355 g/mol. The maximum absolute atomic E-state index is 11.1. The summed E-state index contributed by atoms with van der Waals surface area (Å²) in [6, 6.07) is 5.16. The van der Waals surface area contributed by atoms with E-state index in [2.05, 4.69) is 26.2 Å². The molecule has 6 heteroatoms. The Balaban J connectivity index is 2.25. The molecule has 1 aromatic heterocycles. The molecule has 1 heterocycles. The smallest absolute Gasteiger partial charge is 0.335 e. The van der Waals surface area contributed by atoms with Gasteiger partial charge in [0.25, 0.3) is 0 Å². The number of anilines is 1. The second-order valence-corrected chi connectivity index (χ2v) is 6.73. The Labute approximate surface area is 130 Å². The van der Waals surface area contributed by atoms with Gasteiger partial charge in [0.2, 0.25) is 0 Å². The summed E-state index contributed by atoms with van der Waals surface area (Å²) in [4.78, 5) is 16.6. The Morgan fingerprint density at radius 3 is 2.65 bits per heavy atom. The van der Waals surface area contributed by atoms with Gasteiger partial charge >= 0.3 is 5.97 Å². The number of aromatic carboxylic acids is 1. The Hall–Kier alpha value is -1.40. The number of aryl methyl sites for hydroxylation is 2. The van der Waals surface area contributed by atoms with Crippen molar-refractivity contribution >= 4 is 38.9 Å². The van der Waals surface area contributed by atoms with E-state index in [1.165, 1.54) is 4.88 Å². The third kappa shape index (κ3) is 3.37. The zero-order valence-electron chi connectivity index (χ0n) is 11.4.